The Labute approximate surface area is 128 Å². The standard InChI is InChI=1S/C16H19N5O/c22-16-18-7-8-21(16)12-1-2-13-14(9-12)19-10-20-15(13)11-3-5-17-6-4-11/h1-2,9-11,17H,3-8H2,(H,18,22). The first-order chi connectivity index (χ1) is 10.8. The fourth-order valence-electron chi connectivity index (χ4n) is 3.37. The number of rotatable bonds is 2. The van der Waals surface area contributed by atoms with E-state index in [1.807, 2.05) is 12.1 Å². The number of aromatic nitrogens is 2. The Morgan fingerprint density at radius 1 is 1.14 bits per heavy atom. The van der Waals surface area contributed by atoms with Crippen LogP contribution in [-0.4, -0.2) is 42.2 Å². The SMILES string of the molecule is O=C1NCCN1c1ccc2c(C3CCNCC3)ncnc2c1. The second-order valence-corrected chi connectivity index (χ2v) is 5.87. The molecule has 0 bridgehead atoms. The molecule has 0 atom stereocenters. The number of anilines is 1. The van der Waals surface area contributed by atoms with E-state index in [1.165, 1.54) is 0 Å². The Balaban J connectivity index is 1.73. The quantitative estimate of drug-likeness (QED) is 0.884. The first-order valence-corrected chi connectivity index (χ1v) is 7.84. The fourth-order valence-corrected chi connectivity index (χ4v) is 3.37. The molecule has 0 aliphatic carbocycles. The second kappa shape index (κ2) is 5.53. The number of hydrogen-bond donors (Lipinski definition) is 2. The third kappa shape index (κ3) is 2.29. The molecule has 114 valence electrons. The van der Waals surface area contributed by atoms with E-state index in [0.717, 1.165) is 48.2 Å². The highest BCUT2D eigenvalue weighted by Gasteiger charge is 2.23. The zero-order valence-electron chi connectivity index (χ0n) is 12.4. The molecule has 2 aliphatic heterocycles. The number of amides is 2. The molecule has 2 amide bonds. The van der Waals surface area contributed by atoms with E-state index in [2.05, 4.69) is 26.7 Å². The number of nitrogens with zero attached hydrogens (tertiary/aromatic N) is 3. The lowest BCUT2D eigenvalue weighted by molar-refractivity contribution is 0.252. The summed E-state index contributed by atoms with van der Waals surface area (Å²) < 4.78 is 0. The van der Waals surface area contributed by atoms with Crippen molar-refractivity contribution in [2.24, 2.45) is 0 Å². The van der Waals surface area contributed by atoms with Gasteiger partial charge < -0.3 is 10.6 Å². The molecule has 2 fully saturated rings. The van der Waals surface area contributed by atoms with Crippen molar-refractivity contribution in [1.82, 2.24) is 20.6 Å². The minimum absolute atomic E-state index is 0.0352. The molecule has 1 aromatic heterocycles. The Kier molecular flexibility index (Phi) is 3.38. The third-order valence-corrected chi connectivity index (χ3v) is 4.55. The van der Waals surface area contributed by atoms with Crippen LogP contribution in [0.2, 0.25) is 0 Å². The lowest BCUT2D eigenvalue weighted by Crippen LogP contribution is -2.28. The van der Waals surface area contributed by atoms with Crippen molar-refractivity contribution in [1.29, 1.82) is 0 Å². The molecule has 1 aromatic carbocycles. The van der Waals surface area contributed by atoms with Crippen molar-refractivity contribution in [2.45, 2.75) is 18.8 Å². The van der Waals surface area contributed by atoms with Gasteiger partial charge in [-0.25, -0.2) is 14.8 Å². The maximum atomic E-state index is 11.8. The van der Waals surface area contributed by atoms with Crippen LogP contribution in [0.1, 0.15) is 24.5 Å². The molecule has 2 aromatic rings. The molecule has 6 heteroatoms. The molecule has 0 saturated carbocycles. The van der Waals surface area contributed by atoms with Crippen LogP contribution in [0.3, 0.4) is 0 Å². The Bertz CT molecular complexity index is 711. The Morgan fingerprint density at radius 2 is 2.00 bits per heavy atom. The Hall–Kier alpha value is -2.21. The first-order valence-electron chi connectivity index (χ1n) is 7.84. The predicted molar refractivity (Wildman–Crippen MR) is 85.1 cm³/mol. The number of carbonyl (C=O) groups is 1. The largest absolute Gasteiger partial charge is 0.336 e. The van der Waals surface area contributed by atoms with Crippen LogP contribution < -0.4 is 15.5 Å². The second-order valence-electron chi connectivity index (χ2n) is 5.87. The number of piperidine rings is 1. The van der Waals surface area contributed by atoms with Gasteiger partial charge in [-0.3, -0.25) is 4.90 Å². The average Bonchev–Trinajstić information content (AvgIpc) is 3.00. The van der Waals surface area contributed by atoms with Gasteiger partial charge in [-0.1, -0.05) is 0 Å². The van der Waals surface area contributed by atoms with Gasteiger partial charge in [-0.05, 0) is 44.1 Å². The van der Waals surface area contributed by atoms with Crippen LogP contribution in [0.5, 0.6) is 0 Å². The van der Waals surface area contributed by atoms with E-state index in [-0.39, 0.29) is 6.03 Å². The Morgan fingerprint density at radius 3 is 2.77 bits per heavy atom. The number of benzene rings is 1. The molecule has 22 heavy (non-hydrogen) atoms. The smallest absolute Gasteiger partial charge is 0.321 e. The summed E-state index contributed by atoms with van der Waals surface area (Å²) in [5.74, 6) is 0.493. The van der Waals surface area contributed by atoms with Crippen LogP contribution in [0.4, 0.5) is 10.5 Å². The van der Waals surface area contributed by atoms with Gasteiger partial charge >= 0.3 is 6.03 Å². The summed E-state index contributed by atoms with van der Waals surface area (Å²) in [5, 5.41) is 7.32. The summed E-state index contributed by atoms with van der Waals surface area (Å²) in [7, 11) is 0. The molecule has 2 aliphatic rings. The molecule has 0 radical (unpaired) electrons. The van der Waals surface area contributed by atoms with E-state index in [1.54, 1.807) is 11.2 Å². The summed E-state index contributed by atoms with van der Waals surface area (Å²) >= 11 is 0. The van der Waals surface area contributed by atoms with Gasteiger partial charge in [0.15, 0.2) is 0 Å². The molecule has 0 unspecified atom stereocenters. The van der Waals surface area contributed by atoms with E-state index in [9.17, 15) is 4.79 Å². The molecule has 4 rings (SSSR count). The predicted octanol–water partition coefficient (Wildman–Crippen LogP) is 1.63. The molecule has 2 N–H and O–H groups in total. The molecular formula is C16H19N5O. The van der Waals surface area contributed by atoms with Crippen molar-refractivity contribution in [3.05, 3.63) is 30.2 Å². The number of fused-ring (bicyclic) bond motifs is 1. The van der Waals surface area contributed by atoms with Crippen molar-refractivity contribution >= 4 is 22.6 Å². The summed E-state index contributed by atoms with van der Waals surface area (Å²) in [5.41, 5.74) is 2.96. The summed E-state index contributed by atoms with van der Waals surface area (Å²) in [4.78, 5) is 22.5. The highest BCUT2D eigenvalue weighted by Crippen LogP contribution is 2.30. The van der Waals surface area contributed by atoms with Gasteiger partial charge in [0.05, 0.1) is 11.2 Å². The molecule has 3 heterocycles. The highest BCUT2D eigenvalue weighted by atomic mass is 16.2. The van der Waals surface area contributed by atoms with Crippen LogP contribution >= 0.6 is 0 Å². The number of hydrogen-bond acceptors (Lipinski definition) is 4. The zero-order valence-corrected chi connectivity index (χ0v) is 12.4. The van der Waals surface area contributed by atoms with Crippen LogP contribution in [-0.2, 0) is 0 Å². The average molecular weight is 297 g/mol. The van der Waals surface area contributed by atoms with E-state index < -0.39 is 0 Å². The minimum Gasteiger partial charge on any atom is -0.336 e. The maximum absolute atomic E-state index is 11.8. The van der Waals surface area contributed by atoms with Gasteiger partial charge in [-0.2, -0.15) is 0 Å². The van der Waals surface area contributed by atoms with Gasteiger partial charge in [0, 0.05) is 30.1 Å². The monoisotopic (exact) mass is 297 g/mol. The van der Waals surface area contributed by atoms with Crippen LogP contribution in [0.15, 0.2) is 24.5 Å². The van der Waals surface area contributed by atoms with Crippen molar-refractivity contribution in [2.75, 3.05) is 31.1 Å². The number of carbonyl (C=O) groups excluding carboxylic acids is 1. The summed E-state index contributed by atoms with van der Waals surface area (Å²) in [6.45, 7) is 3.49. The molecule has 0 spiro atoms. The number of nitrogens with one attached hydrogen (secondary N) is 2. The van der Waals surface area contributed by atoms with Gasteiger partial charge in [0.2, 0.25) is 0 Å². The number of urea groups is 1. The molecular weight excluding hydrogens is 278 g/mol. The van der Waals surface area contributed by atoms with E-state index in [4.69, 9.17) is 0 Å². The first kappa shape index (κ1) is 13.5. The van der Waals surface area contributed by atoms with E-state index >= 15 is 0 Å². The zero-order chi connectivity index (χ0) is 14.9. The van der Waals surface area contributed by atoms with Crippen molar-refractivity contribution in [3.63, 3.8) is 0 Å². The van der Waals surface area contributed by atoms with Crippen molar-refractivity contribution in [3.8, 4) is 0 Å². The summed E-state index contributed by atoms with van der Waals surface area (Å²) in [6.07, 6.45) is 3.87. The van der Waals surface area contributed by atoms with Crippen molar-refractivity contribution < 1.29 is 4.79 Å². The topological polar surface area (TPSA) is 70.2 Å². The lowest BCUT2D eigenvalue weighted by Gasteiger charge is -2.23. The van der Waals surface area contributed by atoms with Gasteiger partial charge in [0.25, 0.3) is 0 Å². The minimum atomic E-state index is -0.0352. The highest BCUT2D eigenvalue weighted by molar-refractivity contribution is 5.96. The molecule has 2 saturated heterocycles. The summed E-state index contributed by atoms with van der Waals surface area (Å²) in [6, 6.07) is 6.02. The maximum Gasteiger partial charge on any atom is 0.321 e. The fraction of sp³-hybridized carbons (Fsp3) is 0.438. The molecule has 6 nitrogen and oxygen atoms in total. The van der Waals surface area contributed by atoms with Crippen LogP contribution in [0, 0.1) is 0 Å². The lowest BCUT2D eigenvalue weighted by atomic mass is 9.92. The van der Waals surface area contributed by atoms with Gasteiger partial charge in [0.1, 0.15) is 6.33 Å². The third-order valence-electron chi connectivity index (χ3n) is 4.55. The van der Waals surface area contributed by atoms with Crippen LogP contribution in [0.25, 0.3) is 10.9 Å². The van der Waals surface area contributed by atoms with Gasteiger partial charge in [-0.15, -0.1) is 0 Å². The normalized spacial score (nSPS) is 19.6. The van der Waals surface area contributed by atoms with E-state index in [0.29, 0.717) is 19.0 Å².